The summed E-state index contributed by atoms with van der Waals surface area (Å²) in [6.07, 6.45) is 0.400. The van der Waals surface area contributed by atoms with E-state index in [-0.39, 0.29) is 44.5 Å². The number of rotatable bonds is 8. The van der Waals surface area contributed by atoms with Crippen molar-refractivity contribution in [3.05, 3.63) is 59.7 Å². The van der Waals surface area contributed by atoms with E-state index in [1.807, 2.05) is 18.2 Å². The van der Waals surface area contributed by atoms with Gasteiger partial charge in [-0.1, -0.05) is 50.2 Å². The van der Waals surface area contributed by atoms with Crippen LogP contribution in [0.4, 0.5) is 4.79 Å². The number of nitrogens with zero attached hydrogens (tertiary/aromatic N) is 2. The Morgan fingerprint density at radius 3 is 2.18 bits per heavy atom. The molecule has 0 N–H and O–H groups in total. The Bertz CT molecular complexity index is 1180. The molecule has 1 aliphatic heterocycles. The highest BCUT2D eigenvalue weighted by Gasteiger charge is 2.34. The normalized spacial score (nSPS) is 15.8. The predicted octanol–water partition coefficient (Wildman–Crippen LogP) is 4.98. The van der Waals surface area contributed by atoms with E-state index in [0.29, 0.717) is 5.56 Å². The second-order valence-electron chi connectivity index (χ2n) is 8.85. The number of urea groups is 1. The first-order chi connectivity index (χ1) is 16.5. The van der Waals surface area contributed by atoms with Crippen LogP contribution in [0.1, 0.15) is 42.1 Å². The summed E-state index contributed by atoms with van der Waals surface area (Å²) in [5, 5.41) is 4.09. The van der Waals surface area contributed by atoms with Crippen LogP contribution in [0.3, 0.4) is 0 Å². The minimum absolute atomic E-state index is 0.117. The fourth-order valence-electron chi connectivity index (χ4n) is 4.61. The van der Waals surface area contributed by atoms with Crippen LogP contribution < -0.4 is 0 Å². The summed E-state index contributed by atoms with van der Waals surface area (Å²) in [5.41, 5.74) is 1.58. The summed E-state index contributed by atoms with van der Waals surface area (Å²) in [7, 11) is 3.06. The molecule has 0 spiro atoms. The van der Waals surface area contributed by atoms with E-state index in [1.54, 1.807) is 0 Å². The Balaban J connectivity index is 1.73. The zero-order chi connectivity index (χ0) is 24.2. The quantitative estimate of drug-likeness (QED) is 0.348. The number of fused-ring (bicyclic) bond motifs is 2. The lowest BCUT2D eigenvalue weighted by atomic mass is 9.89. The molecular weight excluding hydrogens is 432 g/mol. The topological polar surface area (TPSA) is 68.3 Å². The molecule has 1 aliphatic rings. The third-order valence-electron chi connectivity index (χ3n) is 6.50. The minimum atomic E-state index is -0.504. The molecule has 0 aromatic heterocycles. The summed E-state index contributed by atoms with van der Waals surface area (Å²) in [6.45, 7) is 5.01. The Morgan fingerprint density at radius 1 is 0.971 bits per heavy atom. The first kappa shape index (κ1) is 24.0. The van der Waals surface area contributed by atoms with Crippen LogP contribution >= 0.6 is 0 Å². The Morgan fingerprint density at radius 2 is 1.59 bits per heavy atom. The van der Waals surface area contributed by atoms with Gasteiger partial charge in [0.25, 0.3) is 0 Å². The van der Waals surface area contributed by atoms with Gasteiger partial charge in [0.05, 0.1) is 18.7 Å². The molecule has 0 radical (unpaired) electrons. The van der Waals surface area contributed by atoms with E-state index in [1.165, 1.54) is 24.0 Å². The molecule has 1 atom stereocenters. The number of hydrogen-bond acceptors (Lipinski definition) is 5. The molecular formula is C27H32N2O5. The number of amides is 2. The lowest BCUT2D eigenvalue weighted by Gasteiger charge is -2.38. The van der Waals surface area contributed by atoms with Gasteiger partial charge >= 0.3 is 12.0 Å². The van der Waals surface area contributed by atoms with Gasteiger partial charge in [-0.15, -0.1) is 0 Å². The van der Waals surface area contributed by atoms with Crippen LogP contribution in [-0.2, 0) is 14.2 Å². The van der Waals surface area contributed by atoms with Crippen molar-refractivity contribution in [2.24, 2.45) is 0 Å². The number of benzene rings is 3. The first-order valence-corrected chi connectivity index (χ1v) is 11.6. The number of carbonyl (C=O) groups excluding carboxylic acids is 2. The lowest BCUT2D eigenvalue weighted by Crippen LogP contribution is -2.57. The highest BCUT2D eigenvalue weighted by Crippen LogP contribution is 2.33. The summed E-state index contributed by atoms with van der Waals surface area (Å²) >= 11 is 0. The zero-order valence-electron chi connectivity index (χ0n) is 20.2. The van der Waals surface area contributed by atoms with Crippen molar-refractivity contribution in [2.75, 3.05) is 40.8 Å². The van der Waals surface area contributed by atoms with Crippen molar-refractivity contribution < 1.29 is 23.8 Å². The van der Waals surface area contributed by atoms with Crippen LogP contribution in [0.15, 0.2) is 48.5 Å². The maximum atomic E-state index is 13.7. The number of esters is 1. The molecule has 2 amide bonds. The molecule has 7 heteroatoms. The molecule has 7 nitrogen and oxygen atoms in total. The van der Waals surface area contributed by atoms with Crippen LogP contribution in [-0.4, -0.2) is 68.7 Å². The molecule has 1 saturated heterocycles. The second kappa shape index (κ2) is 10.4. The molecule has 3 aromatic carbocycles. The Kier molecular flexibility index (Phi) is 7.34. The molecule has 34 heavy (non-hydrogen) atoms. The Hall–Kier alpha value is -3.16. The molecule has 3 aromatic rings. The number of ether oxygens (including phenoxy) is 3. The molecule has 1 heterocycles. The van der Waals surface area contributed by atoms with E-state index in [2.05, 4.69) is 44.2 Å². The van der Waals surface area contributed by atoms with Crippen molar-refractivity contribution in [3.8, 4) is 0 Å². The van der Waals surface area contributed by atoms with E-state index in [4.69, 9.17) is 14.2 Å². The predicted molar refractivity (Wildman–Crippen MR) is 132 cm³/mol. The summed E-state index contributed by atoms with van der Waals surface area (Å²) in [6, 6.07) is 16.3. The van der Waals surface area contributed by atoms with Crippen molar-refractivity contribution in [1.82, 2.24) is 9.80 Å². The van der Waals surface area contributed by atoms with Gasteiger partial charge in [0.15, 0.2) is 0 Å². The fourth-order valence-corrected chi connectivity index (χ4v) is 4.61. The lowest BCUT2D eigenvalue weighted by molar-refractivity contribution is -0.0401. The van der Waals surface area contributed by atoms with E-state index >= 15 is 0 Å². The van der Waals surface area contributed by atoms with Crippen LogP contribution in [0.2, 0.25) is 0 Å². The van der Waals surface area contributed by atoms with E-state index in [0.717, 1.165) is 33.5 Å². The van der Waals surface area contributed by atoms with Crippen molar-refractivity contribution >= 4 is 33.5 Å². The standard InChI is InChI=1S/C27H32N2O5/c1-5-18(2)23-11-10-21-12-19-8-6-7-9-20(19)13-24(21)25(23)26(30)34-22-14-28(16-32-3)27(31)29(15-22)17-33-4/h6-13,18,22H,5,14-17H2,1-4H3. The molecule has 0 aliphatic carbocycles. The first-order valence-electron chi connectivity index (χ1n) is 11.6. The number of carbonyl (C=O) groups is 2. The van der Waals surface area contributed by atoms with E-state index in [9.17, 15) is 9.59 Å². The van der Waals surface area contributed by atoms with E-state index < -0.39 is 6.10 Å². The monoisotopic (exact) mass is 464 g/mol. The molecule has 180 valence electrons. The van der Waals surface area contributed by atoms with Crippen LogP contribution in [0, 0.1) is 0 Å². The molecule has 4 rings (SSSR count). The van der Waals surface area contributed by atoms with Crippen LogP contribution in [0.5, 0.6) is 0 Å². The average Bonchev–Trinajstić information content (AvgIpc) is 2.84. The summed E-state index contributed by atoms with van der Waals surface area (Å²) in [4.78, 5) is 29.4. The van der Waals surface area contributed by atoms with Crippen molar-refractivity contribution in [2.45, 2.75) is 32.3 Å². The van der Waals surface area contributed by atoms with Gasteiger partial charge in [-0.05, 0) is 51.6 Å². The van der Waals surface area contributed by atoms with Crippen LogP contribution in [0.25, 0.3) is 21.5 Å². The van der Waals surface area contributed by atoms with Gasteiger partial charge in [0, 0.05) is 14.2 Å². The molecule has 0 bridgehead atoms. The zero-order valence-corrected chi connectivity index (χ0v) is 20.2. The molecule has 0 saturated carbocycles. The van der Waals surface area contributed by atoms with Gasteiger partial charge < -0.3 is 14.2 Å². The maximum absolute atomic E-state index is 13.7. The number of methoxy groups -OCH3 is 2. The molecule has 1 fully saturated rings. The Labute approximate surface area is 200 Å². The second-order valence-corrected chi connectivity index (χ2v) is 8.85. The smallest absolute Gasteiger partial charge is 0.339 e. The molecule has 1 unspecified atom stereocenters. The summed E-state index contributed by atoms with van der Waals surface area (Å²) in [5.74, 6) is -0.174. The minimum Gasteiger partial charge on any atom is -0.455 e. The SMILES string of the molecule is CCC(C)c1ccc2cc3ccccc3cc2c1C(=O)OC1CN(COC)C(=O)N(COC)C1. The third kappa shape index (κ3) is 4.72. The van der Waals surface area contributed by atoms with Gasteiger partial charge in [0.1, 0.15) is 19.6 Å². The third-order valence-corrected chi connectivity index (χ3v) is 6.50. The fraction of sp³-hybridized carbons (Fsp3) is 0.407. The van der Waals surface area contributed by atoms with Gasteiger partial charge in [-0.2, -0.15) is 0 Å². The van der Waals surface area contributed by atoms with Gasteiger partial charge in [0.2, 0.25) is 0 Å². The van der Waals surface area contributed by atoms with Crippen molar-refractivity contribution in [3.63, 3.8) is 0 Å². The van der Waals surface area contributed by atoms with Gasteiger partial charge in [-0.3, -0.25) is 9.80 Å². The highest BCUT2D eigenvalue weighted by atomic mass is 16.5. The highest BCUT2D eigenvalue weighted by molar-refractivity contribution is 6.10. The van der Waals surface area contributed by atoms with Gasteiger partial charge in [-0.25, -0.2) is 9.59 Å². The largest absolute Gasteiger partial charge is 0.455 e. The maximum Gasteiger partial charge on any atom is 0.339 e. The van der Waals surface area contributed by atoms with Crippen molar-refractivity contribution in [1.29, 1.82) is 0 Å². The summed E-state index contributed by atoms with van der Waals surface area (Å²) < 4.78 is 16.4. The average molecular weight is 465 g/mol. The number of hydrogen-bond donors (Lipinski definition) is 0.